The number of hydrogen-bond acceptors (Lipinski definition) is 4. The molecule has 0 unspecified atom stereocenters. The Balaban J connectivity index is 2.06. The van der Waals surface area contributed by atoms with E-state index in [1.165, 1.54) is 24.8 Å². The fourth-order valence-corrected chi connectivity index (χ4v) is 3.17. The van der Waals surface area contributed by atoms with Crippen molar-refractivity contribution in [1.82, 2.24) is 4.98 Å². The van der Waals surface area contributed by atoms with Gasteiger partial charge >= 0.3 is 6.18 Å². The number of carbonyl (C=O) groups is 1. The monoisotopic (exact) mass is 363 g/mol. The number of para-hydroxylation sites is 1. The molecule has 0 atom stereocenters. The number of alkyl halides is 3. The third kappa shape index (κ3) is 3.41. The van der Waals surface area contributed by atoms with Gasteiger partial charge in [0.2, 0.25) is 5.78 Å². The van der Waals surface area contributed by atoms with Crippen LogP contribution in [0.15, 0.2) is 54.0 Å². The summed E-state index contributed by atoms with van der Waals surface area (Å²) in [5.74, 6) is 0.0586. The molecule has 2 aromatic carbocycles. The van der Waals surface area contributed by atoms with Gasteiger partial charge in [-0.1, -0.05) is 24.3 Å². The summed E-state index contributed by atoms with van der Waals surface area (Å²) < 4.78 is 44.0. The fourth-order valence-electron chi connectivity index (χ4n) is 2.41. The first-order chi connectivity index (χ1) is 11.9. The third-order valence-corrected chi connectivity index (χ3v) is 4.41. The van der Waals surface area contributed by atoms with Crippen molar-refractivity contribution >= 4 is 17.1 Å². The van der Waals surface area contributed by atoms with Crippen molar-refractivity contribution in [2.45, 2.75) is 6.18 Å². The topological polar surface area (TPSA) is 39.2 Å². The van der Waals surface area contributed by atoms with Gasteiger partial charge in [-0.2, -0.15) is 13.2 Å². The van der Waals surface area contributed by atoms with E-state index in [1.807, 2.05) is 0 Å². The van der Waals surface area contributed by atoms with Gasteiger partial charge in [-0.05, 0) is 24.3 Å². The number of hydrogen-bond donors (Lipinski definition) is 0. The van der Waals surface area contributed by atoms with Gasteiger partial charge in [0.25, 0.3) is 0 Å². The average molecular weight is 363 g/mol. The van der Waals surface area contributed by atoms with Gasteiger partial charge in [0.1, 0.15) is 10.6 Å². The van der Waals surface area contributed by atoms with Crippen molar-refractivity contribution in [3.63, 3.8) is 0 Å². The number of nitrogens with zero attached hydrogens (tertiary/aromatic N) is 1. The minimum absolute atomic E-state index is 0.229. The van der Waals surface area contributed by atoms with Crippen molar-refractivity contribution in [2.75, 3.05) is 7.11 Å². The zero-order valence-electron chi connectivity index (χ0n) is 13.0. The van der Waals surface area contributed by atoms with Crippen molar-refractivity contribution in [3.05, 3.63) is 70.0 Å². The number of carbonyl (C=O) groups excluding carboxylic acids is 1. The van der Waals surface area contributed by atoms with Gasteiger partial charge in [0.05, 0.1) is 29.4 Å². The number of benzene rings is 2. The van der Waals surface area contributed by atoms with E-state index in [0.29, 0.717) is 11.3 Å². The molecule has 0 bridgehead atoms. The van der Waals surface area contributed by atoms with Crippen molar-refractivity contribution < 1.29 is 22.7 Å². The second kappa shape index (κ2) is 6.68. The molecule has 0 saturated carbocycles. The highest BCUT2D eigenvalue weighted by Crippen LogP contribution is 2.34. The molecule has 1 heterocycles. The number of aromatic nitrogens is 1. The number of ketones is 1. The predicted molar refractivity (Wildman–Crippen MR) is 89.0 cm³/mol. The van der Waals surface area contributed by atoms with Gasteiger partial charge in [-0.15, -0.1) is 11.3 Å². The van der Waals surface area contributed by atoms with E-state index >= 15 is 0 Å². The number of rotatable bonds is 4. The lowest BCUT2D eigenvalue weighted by atomic mass is 10.0. The van der Waals surface area contributed by atoms with Crippen molar-refractivity contribution in [1.29, 1.82) is 0 Å². The van der Waals surface area contributed by atoms with E-state index in [9.17, 15) is 18.0 Å². The smallest absolute Gasteiger partial charge is 0.416 e. The van der Waals surface area contributed by atoms with Crippen LogP contribution in [0.25, 0.3) is 11.3 Å². The third-order valence-electron chi connectivity index (χ3n) is 3.59. The highest BCUT2D eigenvalue weighted by atomic mass is 32.1. The second-order valence-corrected chi connectivity index (χ2v) is 5.99. The van der Waals surface area contributed by atoms with Gasteiger partial charge in [0.15, 0.2) is 0 Å². The normalized spacial score (nSPS) is 11.4. The number of thiazole rings is 1. The standard InChI is InChI=1S/C18H12F3NO2S/c1-24-14-8-3-2-7-13(14)16(23)17-15(22-10-25-17)11-5-4-6-12(9-11)18(19,20)21/h2-10H,1H3. The van der Waals surface area contributed by atoms with E-state index in [4.69, 9.17) is 4.74 Å². The summed E-state index contributed by atoms with van der Waals surface area (Å²) in [4.78, 5) is 17.2. The molecule has 0 aliphatic carbocycles. The molecule has 3 nitrogen and oxygen atoms in total. The van der Waals surface area contributed by atoms with Crippen LogP contribution in [0.3, 0.4) is 0 Å². The molecule has 0 aliphatic rings. The first-order valence-corrected chi connectivity index (χ1v) is 8.08. The van der Waals surface area contributed by atoms with Crippen LogP contribution in [0.4, 0.5) is 13.2 Å². The Morgan fingerprint density at radius 1 is 1.12 bits per heavy atom. The molecule has 0 fully saturated rings. The van der Waals surface area contributed by atoms with Gasteiger partial charge in [-0.3, -0.25) is 4.79 Å². The molecule has 3 rings (SSSR count). The van der Waals surface area contributed by atoms with Crippen LogP contribution in [0, 0.1) is 0 Å². The molecule has 128 valence electrons. The Bertz CT molecular complexity index is 918. The molecule has 0 N–H and O–H groups in total. The Hall–Kier alpha value is -2.67. The highest BCUT2D eigenvalue weighted by molar-refractivity contribution is 7.12. The Morgan fingerprint density at radius 2 is 1.88 bits per heavy atom. The molecule has 0 aliphatic heterocycles. The molecule has 0 spiro atoms. The van der Waals surface area contributed by atoms with Crippen LogP contribution in [0.5, 0.6) is 5.75 Å². The van der Waals surface area contributed by atoms with Gasteiger partial charge < -0.3 is 4.74 Å². The maximum atomic E-state index is 12.9. The summed E-state index contributed by atoms with van der Waals surface area (Å²) in [5.41, 5.74) is 1.47. The summed E-state index contributed by atoms with van der Waals surface area (Å²) in [6, 6.07) is 11.5. The summed E-state index contributed by atoms with van der Waals surface area (Å²) in [6.07, 6.45) is -4.46. The lowest BCUT2D eigenvalue weighted by molar-refractivity contribution is -0.137. The van der Waals surface area contributed by atoms with Crippen LogP contribution in [0.1, 0.15) is 20.8 Å². The first kappa shape index (κ1) is 17.2. The minimum Gasteiger partial charge on any atom is -0.496 e. The number of halogens is 3. The first-order valence-electron chi connectivity index (χ1n) is 7.20. The summed E-state index contributed by atoms with van der Waals surface area (Å²) in [7, 11) is 1.45. The van der Waals surface area contributed by atoms with Gasteiger partial charge in [0, 0.05) is 5.56 Å². The Kier molecular flexibility index (Phi) is 4.59. The van der Waals surface area contributed by atoms with Gasteiger partial charge in [-0.25, -0.2) is 4.98 Å². The van der Waals surface area contributed by atoms with E-state index in [2.05, 4.69) is 4.98 Å². The van der Waals surface area contributed by atoms with E-state index in [0.717, 1.165) is 23.5 Å². The SMILES string of the molecule is COc1ccccc1C(=O)c1scnc1-c1cccc(C(F)(F)F)c1. The largest absolute Gasteiger partial charge is 0.496 e. The van der Waals surface area contributed by atoms with Crippen molar-refractivity contribution in [2.24, 2.45) is 0 Å². The lowest BCUT2D eigenvalue weighted by Gasteiger charge is -2.09. The van der Waals surface area contributed by atoms with E-state index in [1.54, 1.807) is 24.3 Å². The quantitative estimate of drug-likeness (QED) is 0.608. The fraction of sp³-hybridized carbons (Fsp3) is 0.111. The van der Waals surface area contributed by atoms with Crippen molar-refractivity contribution in [3.8, 4) is 17.0 Å². The predicted octanol–water partition coefficient (Wildman–Crippen LogP) is 5.07. The molecular weight excluding hydrogens is 351 g/mol. The summed E-state index contributed by atoms with van der Waals surface area (Å²) in [5, 5.41) is 0. The minimum atomic E-state index is -4.46. The Morgan fingerprint density at radius 3 is 2.60 bits per heavy atom. The zero-order chi connectivity index (χ0) is 18.0. The van der Waals surface area contributed by atoms with E-state index < -0.39 is 11.7 Å². The molecule has 0 amide bonds. The number of methoxy groups -OCH3 is 1. The molecular formula is C18H12F3NO2S. The lowest BCUT2D eigenvalue weighted by Crippen LogP contribution is -2.06. The number of ether oxygens (including phenoxy) is 1. The van der Waals surface area contributed by atoms with Crippen LogP contribution >= 0.6 is 11.3 Å². The molecule has 0 saturated heterocycles. The van der Waals surface area contributed by atoms with Crippen LogP contribution in [-0.2, 0) is 6.18 Å². The molecule has 0 radical (unpaired) electrons. The highest BCUT2D eigenvalue weighted by Gasteiger charge is 2.31. The van der Waals surface area contributed by atoms with Crippen LogP contribution in [0.2, 0.25) is 0 Å². The average Bonchev–Trinajstić information content (AvgIpc) is 3.10. The van der Waals surface area contributed by atoms with Crippen LogP contribution < -0.4 is 4.74 Å². The second-order valence-electron chi connectivity index (χ2n) is 5.14. The zero-order valence-corrected chi connectivity index (χ0v) is 13.8. The molecule has 7 heteroatoms. The molecule has 25 heavy (non-hydrogen) atoms. The van der Waals surface area contributed by atoms with E-state index in [-0.39, 0.29) is 21.9 Å². The Labute approximate surface area is 145 Å². The summed E-state index contributed by atoms with van der Waals surface area (Å²) >= 11 is 1.08. The maximum absolute atomic E-state index is 12.9. The summed E-state index contributed by atoms with van der Waals surface area (Å²) in [6.45, 7) is 0. The molecule has 1 aromatic heterocycles. The molecule has 3 aromatic rings. The maximum Gasteiger partial charge on any atom is 0.416 e. The van der Waals surface area contributed by atoms with Crippen LogP contribution in [-0.4, -0.2) is 17.9 Å².